The number of hydrogen-bond acceptors (Lipinski definition) is 3. The summed E-state index contributed by atoms with van der Waals surface area (Å²) in [7, 11) is 0. The SMILES string of the molecule is N[C@@H](CCO)c1c(F)ccc(Cl)c1O. The molecular weight excluding hydrogens is 209 g/mol. The van der Waals surface area contributed by atoms with Gasteiger partial charge in [-0.25, -0.2) is 4.39 Å². The summed E-state index contributed by atoms with van der Waals surface area (Å²) in [6.45, 7) is -0.174. The van der Waals surface area contributed by atoms with Gasteiger partial charge in [0.1, 0.15) is 11.6 Å². The van der Waals surface area contributed by atoms with E-state index in [1.54, 1.807) is 0 Å². The average Bonchev–Trinajstić information content (AvgIpc) is 2.13. The first-order valence-corrected chi connectivity index (χ1v) is 4.49. The second-order valence-electron chi connectivity index (χ2n) is 2.91. The van der Waals surface area contributed by atoms with Crippen molar-refractivity contribution in [3.63, 3.8) is 0 Å². The Morgan fingerprint density at radius 2 is 2.14 bits per heavy atom. The maximum atomic E-state index is 13.2. The normalized spacial score (nSPS) is 12.9. The van der Waals surface area contributed by atoms with Crippen LogP contribution in [0.2, 0.25) is 5.02 Å². The molecule has 0 bridgehead atoms. The van der Waals surface area contributed by atoms with Crippen molar-refractivity contribution in [2.75, 3.05) is 6.61 Å². The van der Waals surface area contributed by atoms with Gasteiger partial charge in [0.25, 0.3) is 0 Å². The minimum Gasteiger partial charge on any atom is -0.506 e. The minimum atomic E-state index is -0.751. The molecule has 0 saturated carbocycles. The van der Waals surface area contributed by atoms with Crippen LogP contribution in [0.3, 0.4) is 0 Å². The number of nitrogens with two attached hydrogens (primary N) is 1. The summed E-state index contributed by atoms with van der Waals surface area (Å²) in [6.07, 6.45) is 0.171. The third kappa shape index (κ3) is 2.15. The van der Waals surface area contributed by atoms with E-state index in [0.29, 0.717) is 0 Å². The van der Waals surface area contributed by atoms with Crippen LogP contribution in [0.15, 0.2) is 12.1 Å². The number of benzene rings is 1. The number of aromatic hydroxyl groups is 1. The molecule has 0 radical (unpaired) electrons. The van der Waals surface area contributed by atoms with Gasteiger partial charge in [-0.2, -0.15) is 0 Å². The Hall–Kier alpha value is -0.840. The second kappa shape index (κ2) is 4.59. The maximum absolute atomic E-state index is 13.2. The Balaban J connectivity index is 3.11. The maximum Gasteiger partial charge on any atom is 0.141 e. The van der Waals surface area contributed by atoms with E-state index >= 15 is 0 Å². The third-order valence-corrected chi connectivity index (χ3v) is 2.23. The zero-order valence-electron chi connectivity index (χ0n) is 7.37. The number of phenolic OH excluding ortho intramolecular Hbond substituents is 1. The second-order valence-corrected chi connectivity index (χ2v) is 3.32. The van der Waals surface area contributed by atoms with Crippen molar-refractivity contribution >= 4 is 11.6 Å². The van der Waals surface area contributed by atoms with Crippen LogP contribution in [0.1, 0.15) is 18.0 Å². The average molecular weight is 220 g/mol. The fourth-order valence-corrected chi connectivity index (χ4v) is 1.36. The van der Waals surface area contributed by atoms with E-state index in [0.717, 1.165) is 6.07 Å². The summed E-state index contributed by atoms with van der Waals surface area (Å²) in [4.78, 5) is 0. The molecule has 5 heteroatoms. The largest absolute Gasteiger partial charge is 0.506 e. The summed E-state index contributed by atoms with van der Waals surface area (Å²) in [5, 5.41) is 18.1. The van der Waals surface area contributed by atoms with Gasteiger partial charge in [0.15, 0.2) is 0 Å². The van der Waals surface area contributed by atoms with E-state index in [1.165, 1.54) is 6.07 Å². The number of hydrogen-bond donors (Lipinski definition) is 3. The van der Waals surface area contributed by atoms with Crippen LogP contribution in [0, 0.1) is 5.82 Å². The Morgan fingerprint density at radius 3 is 2.71 bits per heavy atom. The molecule has 0 fully saturated rings. The van der Waals surface area contributed by atoms with Gasteiger partial charge in [-0.15, -0.1) is 0 Å². The van der Waals surface area contributed by atoms with Crippen molar-refractivity contribution in [3.8, 4) is 5.75 Å². The van der Waals surface area contributed by atoms with Gasteiger partial charge >= 0.3 is 0 Å². The fourth-order valence-electron chi connectivity index (χ4n) is 1.19. The monoisotopic (exact) mass is 219 g/mol. The summed E-state index contributed by atoms with van der Waals surface area (Å²) in [5.41, 5.74) is 5.51. The molecule has 0 aliphatic rings. The molecule has 0 amide bonds. The Morgan fingerprint density at radius 1 is 1.50 bits per heavy atom. The molecule has 0 aromatic heterocycles. The van der Waals surface area contributed by atoms with Gasteiger partial charge < -0.3 is 15.9 Å². The predicted octanol–water partition coefficient (Wildman–Crippen LogP) is 1.57. The summed E-state index contributed by atoms with van der Waals surface area (Å²) in [5.74, 6) is -0.972. The smallest absolute Gasteiger partial charge is 0.141 e. The van der Waals surface area contributed by atoms with Gasteiger partial charge in [0.05, 0.1) is 5.02 Å². The summed E-state index contributed by atoms with van der Waals surface area (Å²) in [6, 6.07) is 1.63. The van der Waals surface area contributed by atoms with Gasteiger partial charge in [0, 0.05) is 18.2 Å². The van der Waals surface area contributed by atoms with Crippen LogP contribution in [0.4, 0.5) is 4.39 Å². The van der Waals surface area contributed by atoms with Gasteiger partial charge in [-0.1, -0.05) is 11.6 Å². The van der Waals surface area contributed by atoms with Crippen LogP contribution >= 0.6 is 11.6 Å². The summed E-state index contributed by atoms with van der Waals surface area (Å²) >= 11 is 5.60. The zero-order valence-corrected chi connectivity index (χ0v) is 8.13. The van der Waals surface area contributed by atoms with E-state index in [9.17, 15) is 9.50 Å². The molecule has 1 aromatic carbocycles. The highest BCUT2D eigenvalue weighted by atomic mass is 35.5. The molecule has 4 N–H and O–H groups in total. The van der Waals surface area contributed by atoms with E-state index in [1.807, 2.05) is 0 Å². The van der Waals surface area contributed by atoms with Gasteiger partial charge in [0.2, 0.25) is 0 Å². The predicted molar refractivity (Wildman–Crippen MR) is 51.7 cm³/mol. The molecule has 14 heavy (non-hydrogen) atoms. The van der Waals surface area contributed by atoms with Crippen molar-refractivity contribution in [3.05, 3.63) is 28.5 Å². The lowest BCUT2D eigenvalue weighted by Crippen LogP contribution is -2.14. The van der Waals surface area contributed by atoms with Crippen LogP contribution in [0.25, 0.3) is 0 Å². The number of aliphatic hydroxyl groups is 1. The zero-order chi connectivity index (χ0) is 10.7. The van der Waals surface area contributed by atoms with Crippen LogP contribution in [-0.2, 0) is 0 Å². The fraction of sp³-hybridized carbons (Fsp3) is 0.333. The summed E-state index contributed by atoms with van der Waals surface area (Å²) < 4.78 is 13.2. The highest BCUT2D eigenvalue weighted by Gasteiger charge is 2.17. The molecular formula is C9H11ClFNO2. The van der Waals surface area contributed by atoms with Crippen LogP contribution in [-0.4, -0.2) is 16.8 Å². The van der Waals surface area contributed by atoms with Crippen molar-refractivity contribution < 1.29 is 14.6 Å². The van der Waals surface area contributed by atoms with Gasteiger partial charge in [-0.05, 0) is 18.6 Å². The lowest BCUT2D eigenvalue weighted by Gasteiger charge is -2.13. The van der Waals surface area contributed by atoms with E-state index < -0.39 is 11.9 Å². The lowest BCUT2D eigenvalue weighted by atomic mass is 10.0. The number of halogens is 2. The third-order valence-electron chi connectivity index (χ3n) is 1.93. The highest BCUT2D eigenvalue weighted by molar-refractivity contribution is 6.32. The first-order chi connectivity index (χ1) is 6.57. The molecule has 1 rings (SSSR count). The molecule has 78 valence electrons. The van der Waals surface area contributed by atoms with Crippen LogP contribution in [0.5, 0.6) is 5.75 Å². The van der Waals surface area contributed by atoms with Crippen molar-refractivity contribution in [2.45, 2.75) is 12.5 Å². The minimum absolute atomic E-state index is 0.0495. The van der Waals surface area contributed by atoms with Crippen molar-refractivity contribution in [1.29, 1.82) is 0 Å². The number of phenols is 1. The van der Waals surface area contributed by atoms with Crippen molar-refractivity contribution in [2.24, 2.45) is 5.73 Å². The number of aliphatic hydroxyl groups excluding tert-OH is 1. The molecule has 0 aliphatic heterocycles. The quantitative estimate of drug-likeness (QED) is 0.723. The lowest BCUT2D eigenvalue weighted by molar-refractivity contribution is 0.274. The van der Waals surface area contributed by atoms with Crippen LogP contribution < -0.4 is 5.73 Å². The molecule has 1 aromatic rings. The van der Waals surface area contributed by atoms with E-state index in [4.69, 9.17) is 22.4 Å². The molecule has 0 spiro atoms. The molecule has 0 heterocycles. The Labute approximate surface area is 85.9 Å². The number of rotatable bonds is 3. The molecule has 1 atom stereocenters. The standard InChI is InChI=1S/C9H11ClFNO2/c10-5-1-2-6(11)8(9(5)14)7(12)3-4-13/h1-2,7,13-14H,3-4,12H2/t7-/m0/s1. The Bertz CT molecular complexity index is 333. The molecule has 0 aliphatic carbocycles. The van der Waals surface area contributed by atoms with Gasteiger partial charge in [-0.3, -0.25) is 0 Å². The first-order valence-electron chi connectivity index (χ1n) is 4.11. The van der Waals surface area contributed by atoms with E-state index in [-0.39, 0.29) is 29.4 Å². The van der Waals surface area contributed by atoms with E-state index in [2.05, 4.69) is 0 Å². The Kier molecular flexibility index (Phi) is 3.69. The van der Waals surface area contributed by atoms with Crippen molar-refractivity contribution in [1.82, 2.24) is 0 Å². The molecule has 3 nitrogen and oxygen atoms in total. The highest BCUT2D eigenvalue weighted by Crippen LogP contribution is 2.33. The molecule has 0 unspecified atom stereocenters. The molecule has 0 saturated heterocycles. The first kappa shape index (κ1) is 11.2. The topological polar surface area (TPSA) is 66.5 Å².